The van der Waals surface area contributed by atoms with Crippen LogP contribution in [0.1, 0.15) is 18.4 Å². The summed E-state index contributed by atoms with van der Waals surface area (Å²) in [6.45, 7) is 2.29. The molecule has 4 heteroatoms. The molecule has 1 aliphatic heterocycles. The van der Waals surface area contributed by atoms with Gasteiger partial charge >= 0.3 is 0 Å². The minimum absolute atomic E-state index is 0.328. The van der Waals surface area contributed by atoms with Crippen LogP contribution in [0.15, 0.2) is 30.5 Å². The normalized spacial score (nSPS) is 18.6. The maximum Gasteiger partial charge on any atom is 0.136 e. The fraction of sp³-hybridized carbons (Fsp3) is 0.438. The van der Waals surface area contributed by atoms with Crippen molar-refractivity contribution in [2.45, 2.75) is 25.5 Å². The van der Waals surface area contributed by atoms with Crippen LogP contribution in [0, 0.1) is 0 Å². The van der Waals surface area contributed by atoms with Gasteiger partial charge in [0.1, 0.15) is 5.82 Å². The minimum atomic E-state index is 0.328. The number of aromatic nitrogens is 1. The summed E-state index contributed by atoms with van der Waals surface area (Å²) in [6.07, 6.45) is 4.53. The molecule has 4 nitrogen and oxygen atoms in total. The van der Waals surface area contributed by atoms with Crippen LogP contribution >= 0.6 is 0 Å². The molecule has 2 heterocycles. The van der Waals surface area contributed by atoms with Gasteiger partial charge in [-0.1, -0.05) is 24.3 Å². The summed E-state index contributed by atoms with van der Waals surface area (Å²) < 4.78 is 5.71. The van der Waals surface area contributed by atoms with Crippen molar-refractivity contribution >= 4 is 16.6 Å². The number of likely N-dealkylation sites (N-methyl/N-ethyl adjacent to an activating group) is 1. The molecule has 1 fully saturated rings. The number of ether oxygens (including phenoxy) is 1. The van der Waals surface area contributed by atoms with Crippen molar-refractivity contribution in [1.29, 1.82) is 0 Å². The summed E-state index contributed by atoms with van der Waals surface area (Å²) in [6, 6.07) is 8.32. The number of anilines is 1. The van der Waals surface area contributed by atoms with E-state index < -0.39 is 0 Å². The molecular weight excluding hydrogens is 250 g/mol. The Morgan fingerprint density at radius 3 is 2.85 bits per heavy atom. The molecule has 1 atom stereocenters. The van der Waals surface area contributed by atoms with E-state index in [1.54, 1.807) is 0 Å². The first kappa shape index (κ1) is 13.3. The summed E-state index contributed by atoms with van der Waals surface area (Å²) in [5.41, 5.74) is 6.89. The molecule has 0 saturated carbocycles. The van der Waals surface area contributed by atoms with Crippen LogP contribution in [-0.4, -0.2) is 31.3 Å². The van der Waals surface area contributed by atoms with Gasteiger partial charge in [-0.2, -0.15) is 0 Å². The molecule has 2 aromatic rings. The van der Waals surface area contributed by atoms with Gasteiger partial charge in [-0.25, -0.2) is 4.98 Å². The van der Waals surface area contributed by atoms with Gasteiger partial charge in [-0.15, -0.1) is 0 Å². The SMILES string of the molecule is CN(CC1CCCO1)c1ncc(CN)c2ccccc12. The Kier molecular flexibility index (Phi) is 3.85. The van der Waals surface area contributed by atoms with E-state index in [1.165, 1.54) is 11.8 Å². The molecule has 1 aliphatic rings. The zero-order valence-electron chi connectivity index (χ0n) is 11.9. The standard InChI is InChI=1S/C16H21N3O/c1-19(11-13-5-4-8-20-13)16-15-7-3-2-6-14(15)12(9-17)10-18-16/h2-3,6-7,10,13H,4-5,8-9,11,17H2,1H3. The van der Waals surface area contributed by atoms with E-state index in [2.05, 4.69) is 29.1 Å². The summed E-state index contributed by atoms with van der Waals surface area (Å²) >= 11 is 0. The summed E-state index contributed by atoms with van der Waals surface area (Å²) in [4.78, 5) is 6.80. The predicted octanol–water partition coefficient (Wildman–Crippen LogP) is 2.31. The molecule has 1 aromatic carbocycles. The molecule has 0 amide bonds. The lowest BCUT2D eigenvalue weighted by atomic mass is 10.1. The van der Waals surface area contributed by atoms with Gasteiger partial charge in [-0.05, 0) is 23.8 Å². The smallest absolute Gasteiger partial charge is 0.136 e. The van der Waals surface area contributed by atoms with Crippen LogP contribution in [0.5, 0.6) is 0 Å². The lowest BCUT2D eigenvalue weighted by molar-refractivity contribution is 0.116. The molecule has 2 N–H and O–H groups in total. The van der Waals surface area contributed by atoms with Crippen LogP contribution in [0.2, 0.25) is 0 Å². The molecular formula is C16H21N3O. The van der Waals surface area contributed by atoms with Crippen molar-refractivity contribution in [1.82, 2.24) is 4.98 Å². The Hall–Kier alpha value is -1.65. The van der Waals surface area contributed by atoms with E-state index in [1.807, 2.05) is 18.3 Å². The fourth-order valence-corrected chi connectivity index (χ4v) is 2.88. The van der Waals surface area contributed by atoms with Gasteiger partial charge in [0.25, 0.3) is 0 Å². The van der Waals surface area contributed by atoms with Crippen molar-refractivity contribution in [3.8, 4) is 0 Å². The van der Waals surface area contributed by atoms with Gasteiger partial charge in [0.2, 0.25) is 0 Å². The van der Waals surface area contributed by atoms with Crippen LogP contribution in [-0.2, 0) is 11.3 Å². The van der Waals surface area contributed by atoms with Gasteiger partial charge in [0, 0.05) is 38.3 Å². The molecule has 0 radical (unpaired) electrons. The Morgan fingerprint density at radius 2 is 2.15 bits per heavy atom. The number of hydrogen-bond acceptors (Lipinski definition) is 4. The molecule has 1 aromatic heterocycles. The van der Waals surface area contributed by atoms with E-state index in [-0.39, 0.29) is 0 Å². The zero-order chi connectivity index (χ0) is 13.9. The number of benzene rings is 1. The number of fused-ring (bicyclic) bond motifs is 1. The van der Waals surface area contributed by atoms with Gasteiger partial charge in [-0.3, -0.25) is 0 Å². The van der Waals surface area contributed by atoms with Gasteiger partial charge in [0.15, 0.2) is 0 Å². The summed E-state index contributed by atoms with van der Waals surface area (Å²) in [5, 5.41) is 2.36. The molecule has 3 rings (SSSR count). The topological polar surface area (TPSA) is 51.4 Å². The Labute approximate surface area is 119 Å². The number of pyridine rings is 1. The molecule has 0 spiro atoms. The quantitative estimate of drug-likeness (QED) is 0.927. The Balaban J connectivity index is 1.94. The zero-order valence-corrected chi connectivity index (χ0v) is 11.9. The number of hydrogen-bond donors (Lipinski definition) is 1. The van der Waals surface area contributed by atoms with Crippen molar-refractivity contribution < 1.29 is 4.74 Å². The monoisotopic (exact) mass is 271 g/mol. The summed E-state index contributed by atoms with van der Waals surface area (Å²) in [7, 11) is 2.08. The third-order valence-corrected chi connectivity index (χ3v) is 3.94. The average molecular weight is 271 g/mol. The number of rotatable bonds is 4. The molecule has 1 unspecified atom stereocenters. The lowest BCUT2D eigenvalue weighted by Gasteiger charge is -2.23. The van der Waals surface area contributed by atoms with Crippen molar-refractivity contribution in [3.63, 3.8) is 0 Å². The van der Waals surface area contributed by atoms with E-state index in [0.29, 0.717) is 12.6 Å². The molecule has 0 aliphatic carbocycles. The Bertz CT molecular complexity index is 593. The van der Waals surface area contributed by atoms with Crippen molar-refractivity contribution in [2.75, 3.05) is 25.1 Å². The Morgan fingerprint density at radius 1 is 1.35 bits per heavy atom. The largest absolute Gasteiger partial charge is 0.376 e. The average Bonchev–Trinajstić information content (AvgIpc) is 2.99. The minimum Gasteiger partial charge on any atom is -0.376 e. The van der Waals surface area contributed by atoms with Crippen LogP contribution in [0.4, 0.5) is 5.82 Å². The number of nitrogens with two attached hydrogens (primary N) is 1. The van der Waals surface area contributed by atoms with Crippen LogP contribution < -0.4 is 10.6 Å². The molecule has 106 valence electrons. The molecule has 20 heavy (non-hydrogen) atoms. The highest BCUT2D eigenvalue weighted by molar-refractivity contribution is 5.94. The highest BCUT2D eigenvalue weighted by atomic mass is 16.5. The second-order valence-electron chi connectivity index (χ2n) is 5.37. The summed E-state index contributed by atoms with van der Waals surface area (Å²) in [5.74, 6) is 1.01. The molecule has 0 bridgehead atoms. The fourth-order valence-electron chi connectivity index (χ4n) is 2.88. The van der Waals surface area contributed by atoms with E-state index >= 15 is 0 Å². The highest BCUT2D eigenvalue weighted by Gasteiger charge is 2.19. The lowest BCUT2D eigenvalue weighted by Crippen LogP contribution is -2.29. The van der Waals surface area contributed by atoms with Crippen molar-refractivity contribution in [2.24, 2.45) is 5.73 Å². The molecule has 1 saturated heterocycles. The first-order valence-corrected chi connectivity index (χ1v) is 7.19. The first-order chi connectivity index (χ1) is 9.79. The van der Waals surface area contributed by atoms with Crippen LogP contribution in [0.25, 0.3) is 10.8 Å². The third-order valence-electron chi connectivity index (χ3n) is 3.94. The van der Waals surface area contributed by atoms with E-state index in [9.17, 15) is 0 Å². The second kappa shape index (κ2) is 5.77. The van der Waals surface area contributed by atoms with Crippen LogP contribution in [0.3, 0.4) is 0 Å². The predicted molar refractivity (Wildman–Crippen MR) is 81.9 cm³/mol. The highest BCUT2D eigenvalue weighted by Crippen LogP contribution is 2.27. The maximum atomic E-state index is 5.80. The van der Waals surface area contributed by atoms with Crippen molar-refractivity contribution in [3.05, 3.63) is 36.0 Å². The maximum absolute atomic E-state index is 5.80. The van der Waals surface area contributed by atoms with E-state index in [4.69, 9.17) is 10.5 Å². The second-order valence-corrected chi connectivity index (χ2v) is 5.37. The number of nitrogens with zero attached hydrogens (tertiary/aromatic N) is 2. The third kappa shape index (κ3) is 2.49. The first-order valence-electron chi connectivity index (χ1n) is 7.19. The van der Waals surface area contributed by atoms with E-state index in [0.717, 1.165) is 36.3 Å². The van der Waals surface area contributed by atoms with Gasteiger partial charge in [0.05, 0.1) is 6.10 Å². The van der Waals surface area contributed by atoms with Gasteiger partial charge < -0.3 is 15.4 Å².